The summed E-state index contributed by atoms with van der Waals surface area (Å²) in [6, 6.07) is 8.98. The van der Waals surface area contributed by atoms with Crippen LogP contribution in [0.1, 0.15) is 41.7 Å². The Morgan fingerprint density at radius 3 is 3.00 bits per heavy atom. The van der Waals surface area contributed by atoms with Crippen molar-refractivity contribution in [3.05, 3.63) is 53.2 Å². The molecule has 0 amide bonds. The van der Waals surface area contributed by atoms with Crippen LogP contribution >= 0.6 is 0 Å². The zero-order valence-corrected chi connectivity index (χ0v) is 12.5. The van der Waals surface area contributed by atoms with Gasteiger partial charge in [-0.3, -0.25) is 4.90 Å². The van der Waals surface area contributed by atoms with Crippen molar-refractivity contribution in [3.63, 3.8) is 0 Å². The third-order valence-corrected chi connectivity index (χ3v) is 4.17. The van der Waals surface area contributed by atoms with Gasteiger partial charge in [-0.1, -0.05) is 24.3 Å². The van der Waals surface area contributed by atoms with E-state index in [-0.39, 0.29) is 6.61 Å². The molecule has 0 saturated carbocycles. The van der Waals surface area contributed by atoms with E-state index in [1.807, 2.05) is 6.92 Å². The van der Waals surface area contributed by atoms with Crippen LogP contribution in [0.3, 0.4) is 0 Å². The number of nitrogens with zero attached hydrogens (tertiary/aromatic N) is 2. The molecule has 1 aromatic carbocycles. The Bertz CT molecular complexity index is 594. The van der Waals surface area contributed by atoms with Gasteiger partial charge in [-0.25, -0.2) is 4.98 Å². The fourth-order valence-electron chi connectivity index (χ4n) is 3.23. The van der Waals surface area contributed by atoms with Crippen molar-refractivity contribution < 1.29 is 9.52 Å². The summed E-state index contributed by atoms with van der Waals surface area (Å²) in [6.07, 6.45) is 5.21. The zero-order chi connectivity index (χ0) is 14.7. The fourth-order valence-corrected chi connectivity index (χ4v) is 3.23. The number of benzene rings is 1. The molecule has 1 heterocycles. The first kappa shape index (κ1) is 14.3. The largest absolute Gasteiger partial charge is 0.445 e. The second-order valence-corrected chi connectivity index (χ2v) is 5.67. The highest BCUT2D eigenvalue weighted by Gasteiger charge is 2.26. The predicted octanol–water partition coefficient (Wildman–Crippen LogP) is 2.85. The SMILES string of the molecule is Cc1cnc(CN(CCO)C2CCCc3ccccc32)o1. The van der Waals surface area contributed by atoms with Gasteiger partial charge in [0.1, 0.15) is 5.76 Å². The molecular weight excluding hydrogens is 264 g/mol. The summed E-state index contributed by atoms with van der Waals surface area (Å²) in [6.45, 7) is 3.34. The maximum atomic E-state index is 9.41. The number of aliphatic hydroxyl groups excluding tert-OH is 1. The highest BCUT2D eigenvalue weighted by atomic mass is 16.4. The molecule has 1 atom stereocenters. The van der Waals surface area contributed by atoms with E-state index >= 15 is 0 Å². The number of rotatable bonds is 5. The number of aliphatic hydroxyl groups is 1. The van der Waals surface area contributed by atoms with E-state index in [0.29, 0.717) is 19.1 Å². The van der Waals surface area contributed by atoms with Crippen molar-refractivity contribution in [1.29, 1.82) is 0 Å². The Balaban J connectivity index is 1.84. The number of hydrogen-bond donors (Lipinski definition) is 1. The molecule has 1 aromatic heterocycles. The van der Waals surface area contributed by atoms with Gasteiger partial charge < -0.3 is 9.52 Å². The summed E-state index contributed by atoms with van der Waals surface area (Å²) in [5.41, 5.74) is 2.82. The Kier molecular flexibility index (Phi) is 4.36. The second kappa shape index (κ2) is 6.41. The lowest BCUT2D eigenvalue weighted by Crippen LogP contribution is -2.33. The van der Waals surface area contributed by atoms with Crippen molar-refractivity contribution in [1.82, 2.24) is 9.88 Å². The summed E-state index contributed by atoms with van der Waals surface area (Å²) in [5, 5.41) is 9.41. The van der Waals surface area contributed by atoms with Crippen LogP contribution < -0.4 is 0 Å². The van der Waals surface area contributed by atoms with Gasteiger partial charge in [0.25, 0.3) is 0 Å². The van der Waals surface area contributed by atoms with E-state index in [9.17, 15) is 5.11 Å². The Morgan fingerprint density at radius 2 is 2.24 bits per heavy atom. The van der Waals surface area contributed by atoms with Crippen LogP contribution in [0.4, 0.5) is 0 Å². The number of fused-ring (bicyclic) bond motifs is 1. The van der Waals surface area contributed by atoms with Gasteiger partial charge >= 0.3 is 0 Å². The minimum Gasteiger partial charge on any atom is -0.445 e. The summed E-state index contributed by atoms with van der Waals surface area (Å²) in [7, 11) is 0. The molecule has 1 N–H and O–H groups in total. The fraction of sp³-hybridized carbons (Fsp3) is 0.471. The van der Waals surface area contributed by atoms with E-state index in [1.165, 1.54) is 17.5 Å². The normalized spacial score (nSPS) is 18.0. The molecule has 0 saturated heterocycles. The molecule has 4 nitrogen and oxygen atoms in total. The molecule has 0 spiro atoms. The molecular formula is C17H22N2O2. The molecule has 4 heteroatoms. The summed E-state index contributed by atoms with van der Waals surface area (Å²) in [4.78, 5) is 6.58. The highest BCUT2D eigenvalue weighted by Crippen LogP contribution is 2.34. The van der Waals surface area contributed by atoms with Gasteiger partial charge in [0.2, 0.25) is 5.89 Å². The lowest BCUT2D eigenvalue weighted by Gasteiger charge is -2.34. The number of aryl methyl sites for hydroxylation is 2. The molecule has 0 radical (unpaired) electrons. The van der Waals surface area contributed by atoms with Crippen LogP contribution in [0, 0.1) is 6.92 Å². The van der Waals surface area contributed by atoms with Crippen molar-refractivity contribution in [2.24, 2.45) is 0 Å². The third-order valence-electron chi connectivity index (χ3n) is 4.17. The number of oxazole rings is 1. The Morgan fingerprint density at radius 1 is 1.38 bits per heavy atom. The maximum Gasteiger partial charge on any atom is 0.208 e. The lowest BCUT2D eigenvalue weighted by atomic mass is 9.87. The summed E-state index contributed by atoms with van der Waals surface area (Å²) >= 11 is 0. The van der Waals surface area contributed by atoms with Crippen molar-refractivity contribution in [2.45, 2.75) is 38.8 Å². The van der Waals surface area contributed by atoms with Crippen LogP contribution in [0.2, 0.25) is 0 Å². The van der Waals surface area contributed by atoms with Gasteiger partial charge in [0.15, 0.2) is 0 Å². The number of aromatic nitrogens is 1. The molecule has 21 heavy (non-hydrogen) atoms. The third kappa shape index (κ3) is 3.17. The van der Waals surface area contributed by atoms with Crippen LogP contribution in [0.25, 0.3) is 0 Å². The molecule has 0 fully saturated rings. The maximum absolute atomic E-state index is 9.41. The minimum atomic E-state index is 0.151. The van der Waals surface area contributed by atoms with E-state index in [0.717, 1.165) is 24.5 Å². The van der Waals surface area contributed by atoms with Gasteiger partial charge in [0, 0.05) is 12.6 Å². The quantitative estimate of drug-likeness (QED) is 0.918. The molecule has 1 unspecified atom stereocenters. The van der Waals surface area contributed by atoms with Gasteiger partial charge in [-0.15, -0.1) is 0 Å². The standard InChI is InChI=1S/C17H22N2O2/c1-13-11-18-17(21-13)12-19(9-10-20)16-8-4-6-14-5-2-3-7-15(14)16/h2-3,5,7,11,16,20H,4,6,8-10,12H2,1H3. The van der Waals surface area contributed by atoms with Crippen molar-refractivity contribution in [3.8, 4) is 0 Å². The predicted molar refractivity (Wildman–Crippen MR) is 80.9 cm³/mol. The van der Waals surface area contributed by atoms with Gasteiger partial charge in [0.05, 0.1) is 19.3 Å². The molecule has 1 aliphatic carbocycles. The molecule has 1 aliphatic rings. The first-order valence-corrected chi connectivity index (χ1v) is 7.62. The second-order valence-electron chi connectivity index (χ2n) is 5.67. The molecule has 0 bridgehead atoms. The van der Waals surface area contributed by atoms with E-state index in [2.05, 4.69) is 34.1 Å². The first-order valence-electron chi connectivity index (χ1n) is 7.62. The average Bonchev–Trinajstić information content (AvgIpc) is 2.91. The lowest BCUT2D eigenvalue weighted by molar-refractivity contribution is 0.120. The van der Waals surface area contributed by atoms with Crippen LogP contribution in [-0.2, 0) is 13.0 Å². The molecule has 3 rings (SSSR count). The van der Waals surface area contributed by atoms with E-state index in [1.54, 1.807) is 6.20 Å². The van der Waals surface area contributed by atoms with Crippen LogP contribution in [-0.4, -0.2) is 28.1 Å². The van der Waals surface area contributed by atoms with Crippen LogP contribution in [0.5, 0.6) is 0 Å². The summed E-state index contributed by atoms with van der Waals surface area (Å²) in [5.74, 6) is 1.56. The Labute approximate surface area is 125 Å². The summed E-state index contributed by atoms with van der Waals surface area (Å²) < 4.78 is 5.60. The van der Waals surface area contributed by atoms with E-state index < -0.39 is 0 Å². The molecule has 2 aromatic rings. The zero-order valence-electron chi connectivity index (χ0n) is 12.5. The van der Waals surface area contributed by atoms with Crippen molar-refractivity contribution >= 4 is 0 Å². The van der Waals surface area contributed by atoms with Crippen molar-refractivity contribution in [2.75, 3.05) is 13.2 Å². The minimum absolute atomic E-state index is 0.151. The first-order chi connectivity index (χ1) is 10.3. The van der Waals surface area contributed by atoms with Gasteiger partial charge in [-0.2, -0.15) is 0 Å². The molecule has 0 aliphatic heterocycles. The molecule has 112 valence electrons. The number of hydrogen-bond acceptors (Lipinski definition) is 4. The monoisotopic (exact) mass is 286 g/mol. The average molecular weight is 286 g/mol. The highest BCUT2D eigenvalue weighted by molar-refractivity contribution is 5.32. The van der Waals surface area contributed by atoms with Crippen LogP contribution in [0.15, 0.2) is 34.9 Å². The topological polar surface area (TPSA) is 49.5 Å². The smallest absolute Gasteiger partial charge is 0.208 e. The van der Waals surface area contributed by atoms with Gasteiger partial charge in [-0.05, 0) is 37.3 Å². The van der Waals surface area contributed by atoms with E-state index in [4.69, 9.17) is 4.42 Å². The Hall–Kier alpha value is -1.65.